The number of nitrogens with zero attached hydrogens (tertiary/aromatic N) is 1. The zero-order valence-corrected chi connectivity index (χ0v) is 14.2. The van der Waals surface area contributed by atoms with Gasteiger partial charge >= 0.3 is 0 Å². The smallest absolute Gasteiger partial charge is 0.200 e. The van der Waals surface area contributed by atoms with Crippen molar-refractivity contribution in [3.63, 3.8) is 0 Å². The monoisotopic (exact) mass is 336 g/mol. The molecular formula is C16H17ClN2O2S. The van der Waals surface area contributed by atoms with E-state index < -0.39 is 10.0 Å². The number of hydrogen-bond donors (Lipinski definition) is 1. The molecule has 0 aromatic heterocycles. The Morgan fingerprint density at radius 1 is 1.09 bits per heavy atom. The van der Waals surface area contributed by atoms with Crippen LogP contribution in [0.2, 0.25) is 5.02 Å². The van der Waals surface area contributed by atoms with Crippen molar-refractivity contribution >= 4 is 27.8 Å². The molecule has 0 atom stereocenters. The van der Waals surface area contributed by atoms with Crippen LogP contribution in [0.3, 0.4) is 0 Å². The molecular weight excluding hydrogens is 320 g/mol. The first-order valence-corrected chi connectivity index (χ1v) is 8.54. The minimum absolute atomic E-state index is 0.259. The van der Waals surface area contributed by atoms with Crippen LogP contribution in [0.5, 0.6) is 0 Å². The van der Waals surface area contributed by atoms with Crippen molar-refractivity contribution in [1.29, 1.82) is 0 Å². The molecule has 1 N–H and O–H groups in total. The van der Waals surface area contributed by atoms with Gasteiger partial charge in [0, 0.05) is 10.6 Å². The van der Waals surface area contributed by atoms with E-state index in [0.717, 1.165) is 5.56 Å². The summed E-state index contributed by atoms with van der Waals surface area (Å²) in [6, 6.07) is 10.7. The number of halogens is 1. The Kier molecular flexibility index (Phi) is 4.88. The lowest BCUT2D eigenvalue weighted by Crippen LogP contribution is -2.20. The standard InChI is InChI=1S/C16H17ClN2O2S/c1-11-8-12(2)16(13(3)9-11)22(20,21)19-18-10-14-6-4-5-7-15(14)17/h4-10,19H,1-3H3/b18-10+. The maximum atomic E-state index is 12.4. The molecule has 2 rings (SSSR count). The van der Waals surface area contributed by atoms with E-state index in [2.05, 4.69) is 9.93 Å². The van der Waals surface area contributed by atoms with E-state index in [1.165, 1.54) is 6.21 Å². The Bertz CT molecular complexity index is 807. The fourth-order valence-corrected chi connectivity index (χ4v) is 3.81. The summed E-state index contributed by atoms with van der Waals surface area (Å²) in [5, 5.41) is 4.32. The van der Waals surface area contributed by atoms with Gasteiger partial charge in [-0.15, -0.1) is 0 Å². The summed E-state index contributed by atoms with van der Waals surface area (Å²) in [6.07, 6.45) is 1.39. The average Bonchev–Trinajstić information content (AvgIpc) is 2.39. The van der Waals surface area contributed by atoms with Crippen LogP contribution in [-0.2, 0) is 10.0 Å². The summed E-state index contributed by atoms with van der Waals surface area (Å²) in [5.74, 6) is 0. The molecule has 0 spiro atoms. The second-order valence-corrected chi connectivity index (χ2v) is 7.11. The van der Waals surface area contributed by atoms with Crippen LogP contribution < -0.4 is 4.83 Å². The van der Waals surface area contributed by atoms with Crippen LogP contribution in [0.15, 0.2) is 46.4 Å². The van der Waals surface area contributed by atoms with Crippen molar-refractivity contribution < 1.29 is 8.42 Å². The predicted octanol–water partition coefficient (Wildman–Crippen LogP) is 3.58. The van der Waals surface area contributed by atoms with Crippen molar-refractivity contribution in [2.24, 2.45) is 5.10 Å². The predicted molar refractivity (Wildman–Crippen MR) is 90.0 cm³/mol. The minimum atomic E-state index is -3.71. The molecule has 0 radical (unpaired) electrons. The average molecular weight is 337 g/mol. The van der Waals surface area contributed by atoms with Crippen molar-refractivity contribution in [3.05, 3.63) is 63.7 Å². The number of benzene rings is 2. The fourth-order valence-electron chi connectivity index (χ4n) is 2.38. The molecule has 0 saturated heterocycles. The molecule has 0 aliphatic rings. The molecule has 0 aliphatic carbocycles. The van der Waals surface area contributed by atoms with E-state index in [0.29, 0.717) is 21.7 Å². The molecule has 4 nitrogen and oxygen atoms in total. The lowest BCUT2D eigenvalue weighted by Gasteiger charge is -2.11. The van der Waals surface area contributed by atoms with Gasteiger partial charge in [0.25, 0.3) is 10.0 Å². The highest BCUT2D eigenvalue weighted by molar-refractivity contribution is 7.89. The third-order valence-corrected chi connectivity index (χ3v) is 5.03. The molecule has 0 unspecified atom stereocenters. The molecule has 2 aromatic rings. The fraction of sp³-hybridized carbons (Fsp3) is 0.188. The van der Waals surface area contributed by atoms with Crippen LogP contribution >= 0.6 is 11.6 Å². The Hall–Kier alpha value is -1.85. The highest BCUT2D eigenvalue weighted by Crippen LogP contribution is 2.21. The number of nitrogens with one attached hydrogen (secondary N) is 1. The van der Waals surface area contributed by atoms with Gasteiger partial charge in [0.1, 0.15) is 0 Å². The van der Waals surface area contributed by atoms with Crippen LogP contribution in [0, 0.1) is 20.8 Å². The SMILES string of the molecule is Cc1cc(C)c(S(=O)(=O)N/N=C/c2ccccc2Cl)c(C)c1. The number of hydrazone groups is 1. The number of aryl methyl sites for hydroxylation is 3. The summed E-state index contributed by atoms with van der Waals surface area (Å²) >= 11 is 5.99. The first-order valence-electron chi connectivity index (χ1n) is 6.68. The maximum Gasteiger partial charge on any atom is 0.277 e. The maximum absolute atomic E-state index is 12.4. The molecule has 6 heteroatoms. The Labute approximate surface area is 135 Å². The third kappa shape index (κ3) is 3.67. The van der Waals surface area contributed by atoms with Crippen molar-refractivity contribution in [3.8, 4) is 0 Å². The second-order valence-electron chi connectivity index (χ2n) is 5.10. The second kappa shape index (κ2) is 6.50. The van der Waals surface area contributed by atoms with Gasteiger partial charge in [-0.2, -0.15) is 13.5 Å². The summed E-state index contributed by atoms with van der Waals surface area (Å²) in [7, 11) is -3.71. The molecule has 0 bridgehead atoms. The van der Waals surface area contributed by atoms with Gasteiger partial charge in [-0.25, -0.2) is 4.83 Å². The quantitative estimate of drug-likeness (QED) is 0.685. The zero-order chi connectivity index (χ0) is 16.3. The first-order chi connectivity index (χ1) is 10.3. The normalized spacial score (nSPS) is 11.8. The Morgan fingerprint density at radius 3 is 2.27 bits per heavy atom. The molecule has 116 valence electrons. The van der Waals surface area contributed by atoms with Gasteiger partial charge in [0.15, 0.2) is 0 Å². The molecule has 0 saturated carbocycles. The van der Waals surface area contributed by atoms with Crippen molar-refractivity contribution in [2.45, 2.75) is 25.7 Å². The minimum Gasteiger partial charge on any atom is -0.200 e. The molecule has 0 heterocycles. The summed E-state index contributed by atoms with van der Waals surface area (Å²) in [6.45, 7) is 5.47. The lowest BCUT2D eigenvalue weighted by molar-refractivity contribution is 0.583. The molecule has 2 aromatic carbocycles. The van der Waals surface area contributed by atoms with Crippen LogP contribution in [0.25, 0.3) is 0 Å². The number of hydrogen-bond acceptors (Lipinski definition) is 3. The largest absolute Gasteiger partial charge is 0.277 e. The summed E-state index contributed by atoms with van der Waals surface area (Å²) in [4.78, 5) is 2.49. The highest BCUT2D eigenvalue weighted by atomic mass is 35.5. The van der Waals surface area contributed by atoms with E-state index in [-0.39, 0.29) is 4.90 Å². The summed E-state index contributed by atoms with van der Waals surface area (Å²) < 4.78 is 24.8. The first kappa shape index (κ1) is 16.5. The van der Waals surface area contributed by atoms with Gasteiger partial charge in [0.05, 0.1) is 11.1 Å². The topological polar surface area (TPSA) is 58.5 Å². The summed E-state index contributed by atoms with van der Waals surface area (Å²) in [5.41, 5.74) is 3.05. The van der Waals surface area contributed by atoms with Gasteiger partial charge < -0.3 is 0 Å². The lowest BCUT2D eigenvalue weighted by atomic mass is 10.1. The molecule has 0 amide bonds. The van der Waals surface area contributed by atoms with E-state index in [1.54, 1.807) is 38.1 Å². The van der Waals surface area contributed by atoms with Gasteiger partial charge in [0.2, 0.25) is 0 Å². The van der Waals surface area contributed by atoms with Crippen molar-refractivity contribution in [2.75, 3.05) is 0 Å². The van der Waals surface area contributed by atoms with Crippen LogP contribution in [-0.4, -0.2) is 14.6 Å². The molecule has 0 aliphatic heterocycles. The van der Waals surface area contributed by atoms with E-state index >= 15 is 0 Å². The van der Waals surface area contributed by atoms with E-state index in [4.69, 9.17) is 11.6 Å². The van der Waals surface area contributed by atoms with Gasteiger partial charge in [-0.05, 0) is 38.0 Å². The van der Waals surface area contributed by atoms with Crippen molar-refractivity contribution in [1.82, 2.24) is 4.83 Å². The molecule has 22 heavy (non-hydrogen) atoms. The highest BCUT2D eigenvalue weighted by Gasteiger charge is 2.19. The molecule has 0 fully saturated rings. The Balaban J connectivity index is 2.28. The third-order valence-electron chi connectivity index (χ3n) is 3.16. The number of sulfonamides is 1. The van der Waals surface area contributed by atoms with Gasteiger partial charge in [-0.3, -0.25) is 0 Å². The Morgan fingerprint density at radius 2 is 1.68 bits per heavy atom. The van der Waals surface area contributed by atoms with Gasteiger partial charge in [-0.1, -0.05) is 47.5 Å². The van der Waals surface area contributed by atoms with Crippen LogP contribution in [0.1, 0.15) is 22.3 Å². The zero-order valence-electron chi connectivity index (χ0n) is 12.6. The van der Waals surface area contributed by atoms with Crippen LogP contribution in [0.4, 0.5) is 0 Å². The van der Waals surface area contributed by atoms with E-state index in [9.17, 15) is 8.42 Å². The number of rotatable bonds is 4. The van der Waals surface area contributed by atoms with E-state index in [1.807, 2.05) is 19.1 Å².